The van der Waals surface area contributed by atoms with Gasteiger partial charge in [0.1, 0.15) is 0 Å². The molecule has 0 amide bonds. The fraction of sp³-hybridized carbons (Fsp3) is 0.818. The molecule has 1 aliphatic carbocycles. The molecule has 1 saturated heterocycles. The first-order valence-electron chi connectivity index (χ1n) is 5.91. The highest BCUT2D eigenvalue weighted by Gasteiger charge is 2.42. The molecule has 3 rings (SSSR count). The van der Waals surface area contributed by atoms with E-state index in [9.17, 15) is 0 Å². The Bertz CT molecular complexity index is 373. The molecule has 2 aliphatic rings. The SMILES string of the molecule is Cc1nnc(CN2CCOC3(CCC3)C2)o1. The van der Waals surface area contributed by atoms with Gasteiger partial charge in [-0.2, -0.15) is 0 Å². The van der Waals surface area contributed by atoms with Gasteiger partial charge in [0.05, 0.1) is 18.8 Å². The minimum Gasteiger partial charge on any atom is -0.424 e. The van der Waals surface area contributed by atoms with Crippen LogP contribution in [0.1, 0.15) is 31.0 Å². The minimum atomic E-state index is 0.146. The van der Waals surface area contributed by atoms with E-state index in [4.69, 9.17) is 9.15 Å². The number of nitrogens with zero attached hydrogens (tertiary/aromatic N) is 3. The second-order valence-corrected chi connectivity index (χ2v) is 4.81. The molecule has 1 spiro atoms. The standard InChI is InChI=1S/C11H17N3O2/c1-9-12-13-10(16-9)7-14-5-6-15-11(8-14)3-2-4-11/h2-8H2,1H3. The van der Waals surface area contributed by atoms with Crippen LogP contribution in [-0.4, -0.2) is 40.4 Å². The largest absolute Gasteiger partial charge is 0.424 e. The fourth-order valence-corrected chi connectivity index (χ4v) is 2.52. The Morgan fingerprint density at radius 2 is 2.25 bits per heavy atom. The Kier molecular flexibility index (Phi) is 2.44. The van der Waals surface area contributed by atoms with E-state index in [-0.39, 0.29) is 5.60 Å². The van der Waals surface area contributed by atoms with Crippen molar-refractivity contribution in [3.8, 4) is 0 Å². The summed E-state index contributed by atoms with van der Waals surface area (Å²) in [5, 5.41) is 7.88. The van der Waals surface area contributed by atoms with Crippen molar-refractivity contribution in [3.63, 3.8) is 0 Å². The minimum absolute atomic E-state index is 0.146. The van der Waals surface area contributed by atoms with Crippen molar-refractivity contribution >= 4 is 0 Å². The van der Waals surface area contributed by atoms with Gasteiger partial charge >= 0.3 is 0 Å². The van der Waals surface area contributed by atoms with Gasteiger partial charge < -0.3 is 9.15 Å². The summed E-state index contributed by atoms with van der Waals surface area (Å²) in [5.74, 6) is 1.36. The van der Waals surface area contributed by atoms with E-state index < -0.39 is 0 Å². The van der Waals surface area contributed by atoms with Crippen molar-refractivity contribution in [2.45, 2.75) is 38.3 Å². The summed E-state index contributed by atoms with van der Waals surface area (Å²) in [6.45, 7) is 5.37. The molecule has 2 heterocycles. The molecule has 88 valence electrons. The summed E-state index contributed by atoms with van der Waals surface area (Å²) in [5.41, 5.74) is 0.146. The van der Waals surface area contributed by atoms with Crippen LogP contribution in [0.3, 0.4) is 0 Å². The van der Waals surface area contributed by atoms with Crippen LogP contribution in [-0.2, 0) is 11.3 Å². The number of hydrogen-bond acceptors (Lipinski definition) is 5. The lowest BCUT2D eigenvalue weighted by Crippen LogP contribution is -2.55. The van der Waals surface area contributed by atoms with Crippen LogP contribution in [0.25, 0.3) is 0 Å². The van der Waals surface area contributed by atoms with E-state index in [1.807, 2.05) is 6.92 Å². The second kappa shape index (κ2) is 3.82. The van der Waals surface area contributed by atoms with E-state index in [2.05, 4.69) is 15.1 Å². The van der Waals surface area contributed by atoms with Gasteiger partial charge in [0.15, 0.2) is 0 Å². The average Bonchev–Trinajstić information content (AvgIpc) is 2.62. The van der Waals surface area contributed by atoms with Gasteiger partial charge in [0, 0.05) is 20.0 Å². The Hall–Kier alpha value is -0.940. The van der Waals surface area contributed by atoms with Gasteiger partial charge in [-0.05, 0) is 19.3 Å². The molecule has 5 heteroatoms. The summed E-state index contributed by atoms with van der Waals surface area (Å²) in [6.07, 6.45) is 3.70. The molecule has 0 bridgehead atoms. The van der Waals surface area contributed by atoms with Crippen molar-refractivity contribution in [2.75, 3.05) is 19.7 Å². The van der Waals surface area contributed by atoms with Gasteiger partial charge in [-0.15, -0.1) is 10.2 Å². The van der Waals surface area contributed by atoms with Crippen LogP contribution in [0.15, 0.2) is 4.42 Å². The first kappa shape index (κ1) is 10.2. The summed E-state index contributed by atoms with van der Waals surface area (Å²) in [4.78, 5) is 2.36. The highest BCUT2D eigenvalue weighted by molar-refractivity contribution is 4.95. The molecule has 0 aromatic carbocycles. The topological polar surface area (TPSA) is 51.4 Å². The number of aromatic nitrogens is 2. The highest BCUT2D eigenvalue weighted by Crippen LogP contribution is 2.38. The van der Waals surface area contributed by atoms with Gasteiger partial charge in [-0.1, -0.05) is 0 Å². The van der Waals surface area contributed by atoms with Gasteiger partial charge in [-0.25, -0.2) is 0 Å². The van der Waals surface area contributed by atoms with E-state index in [1.54, 1.807) is 0 Å². The molecule has 16 heavy (non-hydrogen) atoms. The third kappa shape index (κ3) is 1.85. The zero-order valence-electron chi connectivity index (χ0n) is 9.61. The van der Waals surface area contributed by atoms with Crippen molar-refractivity contribution in [1.82, 2.24) is 15.1 Å². The lowest BCUT2D eigenvalue weighted by Gasteiger charge is -2.48. The molecule has 1 aromatic rings. The predicted octanol–water partition coefficient (Wildman–Crippen LogP) is 1.13. The number of ether oxygens (including phenoxy) is 1. The Morgan fingerprint density at radius 1 is 1.38 bits per heavy atom. The van der Waals surface area contributed by atoms with Crippen LogP contribution in [0.5, 0.6) is 0 Å². The molecule has 1 aliphatic heterocycles. The Morgan fingerprint density at radius 3 is 2.88 bits per heavy atom. The van der Waals surface area contributed by atoms with Crippen molar-refractivity contribution < 1.29 is 9.15 Å². The number of hydrogen-bond donors (Lipinski definition) is 0. The average molecular weight is 223 g/mol. The highest BCUT2D eigenvalue weighted by atomic mass is 16.5. The molecular weight excluding hydrogens is 206 g/mol. The summed E-state index contributed by atoms with van der Waals surface area (Å²) in [6, 6.07) is 0. The van der Waals surface area contributed by atoms with Crippen LogP contribution in [0.2, 0.25) is 0 Å². The van der Waals surface area contributed by atoms with Crippen molar-refractivity contribution in [1.29, 1.82) is 0 Å². The zero-order chi connectivity index (χ0) is 11.0. The molecular formula is C11H17N3O2. The number of aryl methyl sites for hydroxylation is 1. The Labute approximate surface area is 94.8 Å². The first-order chi connectivity index (χ1) is 7.76. The third-order valence-corrected chi connectivity index (χ3v) is 3.52. The van der Waals surface area contributed by atoms with Crippen LogP contribution in [0.4, 0.5) is 0 Å². The maximum atomic E-state index is 5.87. The summed E-state index contributed by atoms with van der Waals surface area (Å²) in [7, 11) is 0. The first-order valence-corrected chi connectivity index (χ1v) is 5.91. The third-order valence-electron chi connectivity index (χ3n) is 3.52. The smallest absolute Gasteiger partial charge is 0.230 e. The van der Waals surface area contributed by atoms with Gasteiger partial charge in [-0.3, -0.25) is 4.90 Å². The maximum absolute atomic E-state index is 5.87. The van der Waals surface area contributed by atoms with E-state index in [1.165, 1.54) is 19.3 Å². The normalized spacial score (nSPS) is 24.6. The summed E-state index contributed by atoms with van der Waals surface area (Å²) < 4.78 is 11.3. The molecule has 0 N–H and O–H groups in total. The van der Waals surface area contributed by atoms with Gasteiger partial charge in [0.25, 0.3) is 0 Å². The van der Waals surface area contributed by atoms with E-state index >= 15 is 0 Å². The van der Waals surface area contributed by atoms with Crippen LogP contribution in [0, 0.1) is 6.92 Å². The lowest BCUT2D eigenvalue weighted by atomic mass is 9.79. The number of morpholine rings is 1. The lowest BCUT2D eigenvalue weighted by molar-refractivity contribution is -0.153. The van der Waals surface area contributed by atoms with E-state index in [0.29, 0.717) is 11.8 Å². The predicted molar refractivity (Wildman–Crippen MR) is 56.8 cm³/mol. The van der Waals surface area contributed by atoms with Crippen molar-refractivity contribution in [3.05, 3.63) is 11.8 Å². The monoisotopic (exact) mass is 223 g/mol. The summed E-state index contributed by atoms with van der Waals surface area (Å²) >= 11 is 0. The molecule has 5 nitrogen and oxygen atoms in total. The second-order valence-electron chi connectivity index (χ2n) is 4.81. The number of rotatable bonds is 2. The molecule has 0 unspecified atom stereocenters. The Balaban J connectivity index is 1.62. The quantitative estimate of drug-likeness (QED) is 0.752. The van der Waals surface area contributed by atoms with E-state index in [0.717, 1.165) is 26.2 Å². The molecule has 0 atom stereocenters. The van der Waals surface area contributed by atoms with Crippen molar-refractivity contribution in [2.24, 2.45) is 0 Å². The molecule has 1 aromatic heterocycles. The molecule has 2 fully saturated rings. The fourth-order valence-electron chi connectivity index (χ4n) is 2.52. The zero-order valence-corrected chi connectivity index (χ0v) is 9.61. The molecule has 1 saturated carbocycles. The molecule has 0 radical (unpaired) electrons. The van der Waals surface area contributed by atoms with Crippen LogP contribution < -0.4 is 0 Å². The van der Waals surface area contributed by atoms with Crippen LogP contribution >= 0.6 is 0 Å². The van der Waals surface area contributed by atoms with Gasteiger partial charge in [0.2, 0.25) is 11.8 Å². The maximum Gasteiger partial charge on any atom is 0.230 e.